The van der Waals surface area contributed by atoms with Crippen molar-refractivity contribution in [3.05, 3.63) is 23.8 Å². The predicted molar refractivity (Wildman–Crippen MR) is 114 cm³/mol. The number of ketones is 1. The Morgan fingerprint density at radius 1 is 1.21 bits per heavy atom. The zero-order chi connectivity index (χ0) is 20.3. The number of carbonyl (C=O) groups excluding carboxylic acids is 1. The van der Waals surface area contributed by atoms with Gasteiger partial charge in [0.05, 0.1) is 19.3 Å². The molecule has 0 aromatic rings. The summed E-state index contributed by atoms with van der Waals surface area (Å²) in [7, 11) is 0. The average molecular weight is 389 g/mol. The smallest absolute Gasteiger partial charge is 0.139 e. The van der Waals surface area contributed by atoms with Crippen molar-refractivity contribution in [1.29, 1.82) is 0 Å². The second kappa shape index (κ2) is 9.26. The van der Waals surface area contributed by atoms with E-state index in [2.05, 4.69) is 19.6 Å². The van der Waals surface area contributed by atoms with Crippen LogP contribution in [0, 0.1) is 29.1 Å². The summed E-state index contributed by atoms with van der Waals surface area (Å²) < 4.78 is 5.86. The molecule has 4 aliphatic carbocycles. The van der Waals surface area contributed by atoms with E-state index in [0.717, 1.165) is 44.9 Å². The van der Waals surface area contributed by atoms with E-state index in [1.165, 1.54) is 12.8 Å². The Hall–Kier alpha value is -0.930. The first-order valence-electron chi connectivity index (χ1n) is 11.7. The molecule has 28 heavy (non-hydrogen) atoms. The van der Waals surface area contributed by atoms with E-state index >= 15 is 0 Å². The lowest BCUT2D eigenvalue weighted by Gasteiger charge is -2.51. The molecule has 4 aliphatic rings. The van der Waals surface area contributed by atoms with E-state index in [9.17, 15) is 4.79 Å². The molecule has 0 radical (unpaired) electrons. The molecule has 0 saturated heterocycles. The minimum absolute atomic E-state index is 0.0866. The number of aliphatic hydroxyl groups excluding tert-OH is 1. The summed E-state index contributed by atoms with van der Waals surface area (Å²) in [6.45, 7) is 10.9. The topological polar surface area (TPSA) is 46.5 Å². The van der Waals surface area contributed by atoms with Crippen molar-refractivity contribution in [2.24, 2.45) is 29.1 Å². The van der Waals surface area contributed by atoms with E-state index in [0.29, 0.717) is 42.2 Å². The summed E-state index contributed by atoms with van der Waals surface area (Å²) in [5.74, 6) is 2.90. The Bertz CT molecular complexity index is 607. The van der Waals surface area contributed by atoms with Crippen LogP contribution < -0.4 is 0 Å². The lowest BCUT2D eigenvalue weighted by Crippen LogP contribution is -2.45. The zero-order valence-electron chi connectivity index (χ0n) is 18.2. The molecule has 0 aromatic heterocycles. The molecule has 158 valence electrons. The van der Waals surface area contributed by atoms with Crippen molar-refractivity contribution in [2.75, 3.05) is 13.2 Å². The highest BCUT2D eigenvalue weighted by atomic mass is 16.5. The minimum atomic E-state index is -0.0866. The van der Waals surface area contributed by atoms with Crippen molar-refractivity contribution >= 4 is 5.78 Å². The first kappa shape index (κ1) is 21.8. The Balaban J connectivity index is 0.00000109. The van der Waals surface area contributed by atoms with E-state index < -0.39 is 0 Å². The van der Waals surface area contributed by atoms with Gasteiger partial charge in [-0.2, -0.15) is 0 Å². The van der Waals surface area contributed by atoms with Gasteiger partial charge in [-0.3, -0.25) is 4.79 Å². The van der Waals surface area contributed by atoms with E-state index in [1.807, 2.05) is 13.8 Å². The van der Waals surface area contributed by atoms with Gasteiger partial charge in [-0.15, -0.1) is 6.58 Å². The van der Waals surface area contributed by atoms with Crippen molar-refractivity contribution in [2.45, 2.75) is 84.7 Å². The molecule has 3 heteroatoms. The van der Waals surface area contributed by atoms with Crippen LogP contribution in [0.15, 0.2) is 23.8 Å². The number of rotatable bonds is 5. The highest BCUT2D eigenvalue weighted by Crippen LogP contribution is 2.61. The molecule has 3 saturated carbocycles. The third-order valence-corrected chi connectivity index (χ3v) is 8.00. The lowest BCUT2D eigenvalue weighted by atomic mass is 9.53. The van der Waals surface area contributed by atoms with Crippen LogP contribution in [0.1, 0.15) is 78.6 Å². The fourth-order valence-electron chi connectivity index (χ4n) is 6.94. The summed E-state index contributed by atoms with van der Waals surface area (Å²) >= 11 is 0. The molecule has 6 unspecified atom stereocenters. The third kappa shape index (κ3) is 3.77. The summed E-state index contributed by atoms with van der Waals surface area (Å²) in [6, 6.07) is 0. The van der Waals surface area contributed by atoms with Gasteiger partial charge in [-0.1, -0.05) is 38.0 Å². The number of carbonyl (C=O) groups is 1. The van der Waals surface area contributed by atoms with Gasteiger partial charge in [0.25, 0.3) is 0 Å². The Morgan fingerprint density at radius 3 is 2.71 bits per heavy atom. The number of hydrogen-bond donors (Lipinski definition) is 1. The van der Waals surface area contributed by atoms with Gasteiger partial charge < -0.3 is 9.84 Å². The molecule has 0 spiro atoms. The molecule has 4 rings (SSSR count). The first-order chi connectivity index (χ1) is 13.6. The van der Waals surface area contributed by atoms with Crippen LogP contribution in [0.25, 0.3) is 0 Å². The summed E-state index contributed by atoms with van der Waals surface area (Å²) in [5.41, 5.74) is 3.37. The van der Waals surface area contributed by atoms with Crippen LogP contribution in [0.5, 0.6) is 0 Å². The number of hydrogen-bond acceptors (Lipinski definition) is 3. The monoisotopic (exact) mass is 388 g/mol. The number of fused-ring (bicyclic) bond motifs is 4. The van der Waals surface area contributed by atoms with Crippen LogP contribution in [0.4, 0.5) is 0 Å². The SMILES string of the molecule is C=CCC1CC2(C)C(=O)CCC2C2CCC3CC(OCCO)CCC3=C12.CC. The van der Waals surface area contributed by atoms with Gasteiger partial charge in [0, 0.05) is 11.8 Å². The second-order valence-corrected chi connectivity index (χ2v) is 9.26. The van der Waals surface area contributed by atoms with Crippen molar-refractivity contribution in [3.8, 4) is 0 Å². The average Bonchev–Trinajstić information content (AvgIpc) is 3.02. The largest absolute Gasteiger partial charge is 0.394 e. The molecule has 3 fully saturated rings. The Morgan fingerprint density at radius 2 is 2.00 bits per heavy atom. The van der Waals surface area contributed by atoms with Crippen molar-refractivity contribution in [1.82, 2.24) is 0 Å². The van der Waals surface area contributed by atoms with Crippen LogP contribution in [-0.2, 0) is 9.53 Å². The van der Waals surface area contributed by atoms with Crippen LogP contribution in [-0.4, -0.2) is 30.2 Å². The van der Waals surface area contributed by atoms with Crippen molar-refractivity contribution < 1.29 is 14.6 Å². The molecule has 0 aromatic carbocycles. The number of ether oxygens (including phenoxy) is 1. The van der Waals surface area contributed by atoms with Crippen LogP contribution in [0.3, 0.4) is 0 Å². The summed E-state index contributed by atoms with van der Waals surface area (Å²) in [4.78, 5) is 12.7. The standard InChI is InChI=1S/C23H34O3.C2H6/c1-3-4-16-14-23(2)20(9-10-21(23)25)19-7-5-15-13-17(26-12-11-24)6-8-18(15)22(16)19;1-2/h3,15-17,19-20,24H,1,4-14H2,2H3;1-2H3. The van der Waals surface area contributed by atoms with Gasteiger partial charge in [0.15, 0.2) is 0 Å². The molecule has 3 nitrogen and oxygen atoms in total. The maximum atomic E-state index is 12.7. The highest BCUT2D eigenvalue weighted by molar-refractivity contribution is 5.87. The summed E-state index contributed by atoms with van der Waals surface area (Å²) in [6.07, 6.45) is 12.2. The lowest BCUT2D eigenvalue weighted by molar-refractivity contribution is -0.129. The summed E-state index contributed by atoms with van der Waals surface area (Å²) in [5, 5.41) is 9.04. The predicted octanol–water partition coefficient (Wildman–Crippen LogP) is 5.48. The molecule has 0 amide bonds. The van der Waals surface area contributed by atoms with Crippen molar-refractivity contribution in [3.63, 3.8) is 0 Å². The maximum Gasteiger partial charge on any atom is 0.139 e. The molecular weight excluding hydrogens is 348 g/mol. The van der Waals surface area contributed by atoms with Gasteiger partial charge >= 0.3 is 0 Å². The van der Waals surface area contributed by atoms with Gasteiger partial charge in [-0.05, 0) is 75.0 Å². The molecule has 0 heterocycles. The molecule has 0 bridgehead atoms. The number of aliphatic hydroxyl groups is 1. The molecule has 1 N–H and O–H groups in total. The number of allylic oxidation sites excluding steroid dienone is 3. The van der Waals surface area contributed by atoms with Crippen LogP contribution >= 0.6 is 0 Å². The van der Waals surface area contributed by atoms with E-state index in [4.69, 9.17) is 9.84 Å². The second-order valence-electron chi connectivity index (χ2n) is 9.26. The molecular formula is C25H40O3. The van der Waals surface area contributed by atoms with E-state index in [1.54, 1.807) is 11.1 Å². The zero-order valence-corrected chi connectivity index (χ0v) is 18.2. The molecule has 0 aliphatic heterocycles. The maximum absolute atomic E-state index is 12.7. The first-order valence-corrected chi connectivity index (χ1v) is 11.7. The normalized spacial score (nSPS) is 39.4. The Labute approximate surface area is 171 Å². The minimum Gasteiger partial charge on any atom is -0.394 e. The Kier molecular flexibility index (Phi) is 7.20. The molecule has 6 atom stereocenters. The fraction of sp³-hybridized carbons (Fsp3) is 0.800. The van der Waals surface area contributed by atoms with Crippen LogP contribution in [0.2, 0.25) is 0 Å². The fourth-order valence-corrected chi connectivity index (χ4v) is 6.94. The quantitative estimate of drug-likeness (QED) is 0.635. The van der Waals surface area contributed by atoms with E-state index in [-0.39, 0.29) is 12.0 Å². The van der Waals surface area contributed by atoms with Gasteiger partial charge in [-0.25, -0.2) is 0 Å². The number of Topliss-reactive ketones (excluding diaryl/α,β-unsaturated/α-hetero) is 1. The highest BCUT2D eigenvalue weighted by Gasteiger charge is 2.56. The van der Waals surface area contributed by atoms with Gasteiger partial charge in [0.1, 0.15) is 5.78 Å². The third-order valence-electron chi connectivity index (χ3n) is 8.00. The van der Waals surface area contributed by atoms with Gasteiger partial charge in [0.2, 0.25) is 0 Å².